The number of hydrogen-bond acceptors (Lipinski definition) is 7. The molecule has 2 amide bonds. The zero-order chi connectivity index (χ0) is 33.1. The highest BCUT2D eigenvalue weighted by molar-refractivity contribution is 7.91. The van der Waals surface area contributed by atoms with E-state index in [-0.39, 0.29) is 23.8 Å². The number of rotatable bonds is 19. The van der Waals surface area contributed by atoms with Gasteiger partial charge in [-0.05, 0) is 75.2 Å². The molecule has 3 rings (SSSR count). The number of nitrogens with zero attached hydrogens (tertiary/aromatic N) is 1. The summed E-state index contributed by atoms with van der Waals surface area (Å²) in [4.78, 5) is 29.5. The molecule has 0 heterocycles. The van der Waals surface area contributed by atoms with Crippen molar-refractivity contribution in [3.63, 3.8) is 0 Å². The molecule has 4 N–H and O–H groups in total. The highest BCUT2D eigenvalue weighted by Crippen LogP contribution is 2.34. The number of carbonyl (C=O) groups is 2. The van der Waals surface area contributed by atoms with E-state index in [0.29, 0.717) is 42.7 Å². The lowest BCUT2D eigenvalue weighted by molar-refractivity contribution is -0.132. The summed E-state index contributed by atoms with van der Waals surface area (Å²) >= 11 is 6.06. The van der Waals surface area contributed by atoms with Crippen molar-refractivity contribution in [2.24, 2.45) is 23.7 Å². The van der Waals surface area contributed by atoms with Crippen LogP contribution in [0.1, 0.15) is 83.6 Å². The molecule has 2 aliphatic rings. The van der Waals surface area contributed by atoms with Gasteiger partial charge in [0.25, 0.3) is 0 Å². The van der Waals surface area contributed by atoms with Gasteiger partial charge in [-0.15, -0.1) is 0 Å². The Morgan fingerprint density at radius 2 is 1.56 bits per heavy atom. The predicted octanol–water partition coefficient (Wildman–Crippen LogP) is 3.98. The van der Waals surface area contributed by atoms with Gasteiger partial charge in [-0.1, -0.05) is 82.5 Å². The van der Waals surface area contributed by atoms with E-state index >= 15 is 0 Å². The number of nitrogens with one attached hydrogen (secondary N) is 2. The Morgan fingerprint density at radius 1 is 0.933 bits per heavy atom. The summed E-state index contributed by atoms with van der Waals surface area (Å²) in [5, 5.41) is 28.5. The minimum absolute atomic E-state index is 0.0736. The van der Waals surface area contributed by atoms with Crippen LogP contribution < -0.4 is 10.6 Å². The molecule has 256 valence electrons. The molecule has 0 aromatic heterocycles. The summed E-state index contributed by atoms with van der Waals surface area (Å²) < 4.78 is 26.2. The zero-order valence-corrected chi connectivity index (χ0v) is 29.2. The van der Waals surface area contributed by atoms with Crippen molar-refractivity contribution in [3.05, 3.63) is 34.9 Å². The van der Waals surface area contributed by atoms with E-state index in [4.69, 9.17) is 11.6 Å². The molecular formula is C34H56ClN3O6S. The van der Waals surface area contributed by atoms with Crippen molar-refractivity contribution in [3.8, 4) is 0 Å². The number of sulfone groups is 1. The standard InChI is InChI=1S/C34H56ClN3O6S/c1-23(2)18-31(39)32(40)29(20-24-8-6-5-7-9-24)36-34(42)30(21-26-10-11-26)37-33(41)27(19-25-12-14-28(35)15-13-25)22-45(43,44)17-16-38(3)4/h12-15,23-24,26-27,29-32,39-40H,5-11,16-22H2,1-4H3,(H,36,42)(H,37,41)/t27-,29+,30+,31+,32-/m1/s1. The van der Waals surface area contributed by atoms with Crippen LogP contribution in [-0.4, -0.2) is 91.8 Å². The third-order valence-electron chi connectivity index (χ3n) is 9.13. The third kappa shape index (κ3) is 13.9. The van der Waals surface area contributed by atoms with Crippen LogP contribution in [-0.2, 0) is 25.8 Å². The summed E-state index contributed by atoms with van der Waals surface area (Å²) in [6.07, 6.45) is 6.89. The van der Waals surface area contributed by atoms with Gasteiger partial charge in [0.1, 0.15) is 12.1 Å². The van der Waals surface area contributed by atoms with Gasteiger partial charge in [0, 0.05) is 11.6 Å². The van der Waals surface area contributed by atoms with Crippen molar-refractivity contribution in [1.82, 2.24) is 15.5 Å². The van der Waals surface area contributed by atoms with Crippen LogP contribution in [0.2, 0.25) is 5.02 Å². The van der Waals surface area contributed by atoms with E-state index in [2.05, 4.69) is 10.6 Å². The Labute approximate surface area is 275 Å². The molecule has 2 fully saturated rings. The number of carbonyl (C=O) groups excluding carboxylic acids is 2. The summed E-state index contributed by atoms with van der Waals surface area (Å²) in [6, 6.07) is 5.46. The van der Waals surface area contributed by atoms with E-state index < -0.39 is 51.9 Å². The maximum atomic E-state index is 13.9. The smallest absolute Gasteiger partial charge is 0.242 e. The number of aliphatic hydroxyl groups excluding tert-OH is 2. The first kappa shape index (κ1) is 37.7. The molecule has 9 nitrogen and oxygen atoms in total. The fourth-order valence-electron chi connectivity index (χ4n) is 6.29. The lowest BCUT2D eigenvalue weighted by Crippen LogP contribution is -2.56. The van der Waals surface area contributed by atoms with Crippen molar-refractivity contribution in [1.29, 1.82) is 0 Å². The molecule has 1 aromatic rings. The second-order valence-electron chi connectivity index (χ2n) is 14.2. The molecule has 2 aliphatic carbocycles. The van der Waals surface area contributed by atoms with Gasteiger partial charge in [0.15, 0.2) is 9.84 Å². The van der Waals surface area contributed by atoms with Gasteiger partial charge in [-0.2, -0.15) is 0 Å². The Bertz CT molecular complexity index is 1170. The van der Waals surface area contributed by atoms with Crippen molar-refractivity contribution in [2.45, 2.75) is 109 Å². The number of amides is 2. The molecule has 2 saturated carbocycles. The highest BCUT2D eigenvalue weighted by atomic mass is 35.5. The molecule has 5 atom stereocenters. The second-order valence-corrected chi connectivity index (χ2v) is 16.9. The van der Waals surface area contributed by atoms with E-state index in [1.165, 1.54) is 6.42 Å². The maximum absolute atomic E-state index is 13.9. The largest absolute Gasteiger partial charge is 0.390 e. The van der Waals surface area contributed by atoms with Gasteiger partial charge in [0.05, 0.1) is 29.6 Å². The first-order valence-corrected chi connectivity index (χ1v) is 19.0. The van der Waals surface area contributed by atoms with E-state index in [0.717, 1.165) is 44.1 Å². The SMILES string of the molecule is CC(C)C[C@H](O)[C@H](O)[C@H](CC1CCCCC1)NC(=O)[C@H](CC1CC1)NC(=O)[C@H](Cc1ccc(Cl)cc1)CS(=O)(=O)CCN(C)C. The van der Waals surface area contributed by atoms with Crippen LogP contribution in [0, 0.1) is 23.7 Å². The Balaban J connectivity index is 1.79. The normalized spacial score (nSPS) is 19.6. The van der Waals surface area contributed by atoms with E-state index in [1.54, 1.807) is 43.3 Å². The molecule has 1 aromatic carbocycles. The second kappa shape index (κ2) is 18.0. The lowest BCUT2D eigenvalue weighted by Gasteiger charge is -2.34. The van der Waals surface area contributed by atoms with Gasteiger partial charge in [-0.3, -0.25) is 9.59 Å². The Morgan fingerprint density at radius 3 is 2.13 bits per heavy atom. The van der Waals surface area contributed by atoms with Crippen molar-refractivity contribution >= 4 is 33.3 Å². The van der Waals surface area contributed by atoms with Crippen LogP contribution in [0.3, 0.4) is 0 Å². The fraction of sp³-hybridized carbons (Fsp3) is 0.765. The lowest BCUT2D eigenvalue weighted by atomic mass is 9.82. The average Bonchev–Trinajstić information content (AvgIpc) is 3.80. The number of benzene rings is 1. The molecule has 0 unspecified atom stereocenters. The summed E-state index contributed by atoms with van der Waals surface area (Å²) in [5.41, 5.74) is 0.778. The van der Waals surface area contributed by atoms with Crippen LogP contribution in [0.15, 0.2) is 24.3 Å². The molecule has 11 heteroatoms. The number of hydrogen-bond donors (Lipinski definition) is 4. The molecule has 0 aliphatic heterocycles. The van der Waals surface area contributed by atoms with Crippen LogP contribution in [0.25, 0.3) is 0 Å². The fourth-order valence-corrected chi connectivity index (χ4v) is 8.11. The molecular weight excluding hydrogens is 614 g/mol. The van der Waals surface area contributed by atoms with Crippen molar-refractivity contribution < 1.29 is 28.2 Å². The molecule has 0 bridgehead atoms. The number of halogens is 1. The zero-order valence-electron chi connectivity index (χ0n) is 27.6. The quantitative estimate of drug-likeness (QED) is 0.175. The van der Waals surface area contributed by atoms with Crippen molar-refractivity contribution in [2.75, 3.05) is 32.1 Å². The monoisotopic (exact) mass is 669 g/mol. The molecule has 0 spiro atoms. The van der Waals surface area contributed by atoms with E-state index in [1.807, 2.05) is 13.8 Å². The summed E-state index contributed by atoms with van der Waals surface area (Å²) in [5.74, 6) is -1.37. The summed E-state index contributed by atoms with van der Waals surface area (Å²) in [6.45, 7) is 4.30. The highest BCUT2D eigenvalue weighted by Gasteiger charge is 2.37. The van der Waals surface area contributed by atoms with Gasteiger partial charge < -0.3 is 25.7 Å². The Hall–Kier alpha value is -1.72. The minimum atomic E-state index is -3.57. The first-order chi connectivity index (χ1) is 21.2. The van der Waals surface area contributed by atoms with Crippen LogP contribution in [0.4, 0.5) is 0 Å². The third-order valence-corrected chi connectivity index (χ3v) is 11.1. The first-order valence-electron chi connectivity index (χ1n) is 16.8. The van der Waals surface area contributed by atoms with Gasteiger partial charge >= 0.3 is 0 Å². The predicted molar refractivity (Wildman–Crippen MR) is 180 cm³/mol. The Kier molecular flexibility index (Phi) is 15.1. The number of aliphatic hydroxyl groups is 2. The average molecular weight is 670 g/mol. The van der Waals surface area contributed by atoms with E-state index in [9.17, 15) is 28.2 Å². The topological polar surface area (TPSA) is 136 Å². The summed E-state index contributed by atoms with van der Waals surface area (Å²) in [7, 11) is 0.0287. The van der Waals surface area contributed by atoms with Gasteiger partial charge in [0.2, 0.25) is 11.8 Å². The van der Waals surface area contributed by atoms with Crippen LogP contribution in [0.5, 0.6) is 0 Å². The molecule has 0 saturated heterocycles. The minimum Gasteiger partial charge on any atom is -0.390 e. The van der Waals surface area contributed by atoms with Crippen LogP contribution >= 0.6 is 11.6 Å². The molecule has 45 heavy (non-hydrogen) atoms. The van der Waals surface area contributed by atoms with Gasteiger partial charge in [-0.25, -0.2) is 8.42 Å². The maximum Gasteiger partial charge on any atom is 0.242 e. The molecule has 0 radical (unpaired) electrons.